The molecule has 0 radical (unpaired) electrons. The SMILES string of the molecule is CN=C(NCCCOCC1CC1)NCc1ccc(N2CCOCC2)c(F)c1. The summed E-state index contributed by atoms with van der Waals surface area (Å²) in [6.07, 6.45) is 3.59. The van der Waals surface area contributed by atoms with Crippen LogP contribution in [0.3, 0.4) is 0 Å². The van der Waals surface area contributed by atoms with Gasteiger partial charge in [0, 0.05) is 46.4 Å². The molecular weight excluding hydrogens is 347 g/mol. The van der Waals surface area contributed by atoms with Crippen molar-refractivity contribution < 1.29 is 13.9 Å². The van der Waals surface area contributed by atoms with Gasteiger partial charge < -0.3 is 25.0 Å². The molecule has 0 bridgehead atoms. The van der Waals surface area contributed by atoms with E-state index in [2.05, 4.69) is 15.6 Å². The van der Waals surface area contributed by atoms with Crippen molar-refractivity contribution in [3.63, 3.8) is 0 Å². The van der Waals surface area contributed by atoms with E-state index < -0.39 is 0 Å². The highest BCUT2D eigenvalue weighted by molar-refractivity contribution is 5.79. The Bertz CT molecular complexity index is 616. The molecule has 1 saturated carbocycles. The molecule has 7 heteroatoms. The van der Waals surface area contributed by atoms with E-state index in [4.69, 9.17) is 9.47 Å². The van der Waals surface area contributed by atoms with E-state index in [0.29, 0.717) is 25.4 Å². The number of hydrogen-bond acceptors (Lipinski definition) is 4. The zero-order chi connectivity index (χ0) is 18.9. The number of ether oxygens (including phenoxy) is 2. The number of guanidine groups is 1. The van der Waals surface area contributed by atoms with Crippen molar-refractivity contribution in [3.8, 4) is 0 Å². The summed E-state index contributed by atoms with van der Waals surface area (Å²) in [6, 6.07) is 5.40. The van der Waals surface area contributed by atoms with Gasteiger partial charge in [-0.05, 0) is 42.9 Å². The van der Waals surface area contributed by atoms with Gasteiger partial charge in [0.05, 0.1) is 18.9 Å². The topological polar surface area (TPSA) is 58.1 Å². The van der Waals surface area contributed by atoms with Gasteiger partial charge in [0.1, 0.15) is 5.82 Å². The molecule has 1 aliphatic heterocycles. The Balaban J connectivity index is 1.37. The summed E-state index contributed by atoms with van der Waals surface area (Å²) in [5, 5.41) is 6.49. The fourth-order valence-electron chi connectivity index (χ4n) is 3.04. The number of morpholine rings is 1. The molecule has 1 heterocycles. The molecule has 1 aromatic carbocycles. The molecule has 0 atom stereocenters. The minimum atomic E-state index is -0.188. The molecule has 0 unspecified atom stereocenters. The fourth-order valence-corrected chi connectivity index (χ4v) is 3.04. The standard InChI is InChI=1S/C20H31FN4O2/c1-22-20(23-7-2-10-27-15-16-3-4-16)24-14-17-5-6-19(18(21)13-17)25-8-11-26-12-9-25/h5-6,13,16H,2-4,7-12,14-15H2,1H3,(H2,22,23,24). The van der Waals surface area contributed by atoms with Crippen molar-refractivity contribution in [1.29, 1.82) is 0 Å². The first-order valence-electron chi connectivity index (χ1n) is 9.89. The third-order valence-corrected chi connectivity index (χ3v) is 4.86. The van der Waals surface area contributed by atoms with Crippen LogP contribution in [0.4, 0.5) is 10.1 Å². The molecule has 27 heavy (non-hydrogen) atoms. The van der Waals surface area contributed by atoms with Crippen LogP contribution >= 0.6 is 0 Å². The second kappa shape index (κ2) is 10.5. The summed E-state index contributed by atoms with van der Waals surface area (Å²) in [5.41, 5.74) is 1.54. The van der Waals surface area contributed by atoms with Gasteiger partial charge in [-0.25, -0.2) is 4.39 Å². The largest absolute Gasteiger partial charge is 0.381 e. The summed E-state index contributed by atoms with van der Waals surface area (Å²) < 4.78 is 25.4. The molecule has 1 aromatic rings. The van der Waals surface area contributed by atoms with Crippen LogP contribution in [0, 0.1) is 11.7 Å². The van der Waals surface area contributed by atoms with Crippen molar-refractivity contribution in [1.82, 2.24) is 10.6 Å². The van der Waals surface area contributed by atoms with E-state index in [1.807, 2.05) is 17.0 Å². The number of nitrogens with zero attached hydrogens (tertiary/aromatic N) is 2. The molecule has 3 rings (SSSR count). The summed E-state index contributed by atoms with van der Waals surface area (Å²) in [5.74, 6) is 1.34. The van der Waals surface area contributed by atoms with Crippen LogP contribution in [-0.4, -0.2) is 59.1 Å². The normalized spacial score (nSPS) is 17.9. The molecule has 0 spiro atoms. The maximum absolute atomic E-state index is 14.5. The van der Waals surface area contributed by atoms with Gasteiger partial charge in [0.25, 0.3) is 0 Å². The van der Waals surface area contributed by atoms with E-state index in [0.717, 1.165) is 56.7 Å². The summed E-state index contributed by atoms with van der Waals surface area (Å²) in [4.78, 5) is 6.24. The molecule has 2 N–H and O–H groups in total. The van der Waals surface area contributed by atoms with Gasteiger partial charge in [-0.15, -0.1) is 0 Å². The Morgan fingerprint density at radius 2 is 2.11 bits per heavy atom. The second-order valence-electron chi connectivity index (χ2n) is 7.11. The van der Waals surface area contributed by atoms with Crippen molar-refractivity contribution in [2.45, 2.75) is 25.8 Å². The van der Waals surface area contributed by atoms with Crippen LogP contribution < -0.4 is 15.5 Å². The van der Waals surface area contributed by atoms with Gasteiger partial charge in [-0.3, -0.25) is 4.99 Å². The Morgan fingerprint density at radius 3 is 2.81 bits per heavy atom. The van der Waals surface area contributed by atoms with Crippen LogP contribution in [-0.2, 0) is 16.0 Å². The Labute approximate surface area is 161 Å². The van der Waals surface area contributed by atoms with Crippen LogP contribution in [0.15, 0.2) is 23.2 Å². The lowest BCUT2D eigenvalue weighted by Gasteiger charge is -2.29. The highest BCUT2D eigenvalue weighted by atomic mass is 19.1. The lowest BCUT2D eigenvalue weighted by atomic mass is 10.1. The summed E-state index contributed by atoms with van der Waals surface area (Å²) in [6.45, 7) is 5.76. The maximum Gasteiger partial charge on any atom is 0.191 e. The smallest absolute Gasteiger partial charge is 0.191 e. The number of benzene rings is 1. The second-order valence-corrected chi connectivity index (χ2v) is 7.11. The van der Waals surface area contributed by atoms with Crippen LogP contribution in [0.25, 0.3) is 0 Å². The Kier molecular flexibility index (Phi) is 7.71. The number of hydrogen-bond donors (Lipinski definition) is 2. The monoisotopic (exact) mass is 378 g/mol. The zero-order valence-corrected chi connectivity index (χ0v) is 16.2. The highest BCUT2D eigenvalue weighted by Gasteiger charge is 2.20. The number of halogens is 1. The molecule has 150 valence electrons. The maximum atomic E-state index is 14.5. The Hall–Kier alpha value is -1.86. The van der Waals surface area contributed by atoms with Crippen LogP contribution in [0.2, 0.25) is 0 Å². The van der Waals surface area contributed by atoms with Gasteiger partial charge in [0.15, 0.2) is 5.96 Å². The minimum Gasteiger partial charge on any atom is -0.381 e. The van der Waals surface area contributed by atoms with Crippen molar-refractivity contribution in [3.05, 3.63) is 29.6 Å². The predicted octanol–water partition coefficient (Wildman–Crippen LogP) is 2.14. The van der Waals surface area contributed by atoms with E-state index in [-0.39, 0.29) is 5.82 Å². The van der Waals surface area contributed by atoms with Gasteiger partial charge in [-0.2, -0.15) is 0 Å². The average Bonchev–Trinajstić information content (AvgIpc) is 3.52. The molecule has 6 nitrogen and oxygen atoms in total. The van der Waals surface area contributed by atoms with Gasteiger partial charge >= 0.3 is 0 Å². The van der Waals surface area contributed by atoms with Crippen LogP contribution in [0.5, 0.6) is 0 Å². The van der Waals surface area contributed by atoms with Crippen molar-refractivity contribution in [2.75, 3.05) is 58.0 Å². The molecule has 2 aliphatic rings. The first-order chi connectivity index (χ1) is 13.3. The molecular formula is C20H31FN4O2. The van der Waals surface area contributed by atoms with Crippen LogP contribution in [0.1, 0.15) is 24.8 Å². The summed E-state index contributed by atoms with van der Waals surface area (Å²) >= 11 is 0. The Morgan fingerprint density at radius 1 is 1.30 bits per heavy atom. The lowest BCUT2D eigenvalue weighted by Crippen LogP contribution is -2.38. The van der Waals surface area contributed by atoms with Crippen molar-refractivity contribution >= 4 is 11.6 Å². The first kappa shape index (κ1) is 19.9. The molecule has 0 aromatic heterocycles. The first-order valence-corrected chi connectivity index (χ1v) is 9.89. The van der Waals surface area contributed by atoms with Gasteiger partial charge in [-0.1, -0.05) is 6.07 Å². The van der Waals surface area contributed by atoms with E-state index in [1.165, 1.54) is 12.8 Å². The summed E-state index contributed by atoms with van der Waals surface area (Å²) in [7, 11) is 1.74. The third-order valence-electron chi connectivity index (χ3n) is 4.86. The van der Waals surface area contributed by atoms with E-state index >= 15 is 0 Å². The third kappa shape index (κ3) is 6.66. The van der Waals surface area contributed by atoms with E-state index in [1.54, 1.807) is 13.1 Å². The minimum absolute atomic E-state index is 0.188. The molecule has 1 aliphatic carbocycles. The highest BCUT2D eigenvalue weighted by Crippen LogP contribution is 2.28. The number of rotatable bonds is 9. The number of anilines is 1. The average molecular weight is 378 g/mol. The predicted molar refractivity (Wildman–Crippen MR) is 106 cm³/mol. The molecule has 2 fully saturated rings. The lowest BCUT2D eigenvalue weighted by molar-refractivity contribution is 0.122. The van der Waals surface area contributed by atoms with Gasteiger partial charge in [0.2, 0.25) is 0 Å². The molecule has 1 saturated heterocycles. The fraction of sp³-hybridized carbons (Fsp3) is 0.650. The zero-order valence-electron chi connectivity index (χ0n) is 16.2. The number of nitrogens with one attached hydrogen (secondary N) is 2. The molecule has 0 amide bonds. The quantitative estimate of drug-likeness (QED) is 0.392. The number of aliphatic imine (C=N–C) groups is 1. The van der Waals surface area contributed by atoms with E-state index in [9.17, 15) is 4.39 Å². The van der Waals surface area contributed by atoms with Crippen molar-refractivity contribution in [2.24, 2.45) is 10.9 Å².